The highest BCUT2D eigenvalue weighted by Gasteiger charge is 2.16. The fourth-order valence-electron chi connectivity index (χ4n) is 5.68. The summed E-state index contributed by atoms with van der Waals surface area (Å²) in [7, 11) is 0. The number of benzene rings is 5. The first kappa shape index (κ1) is 20.0. The number of fused-ring (bicyclic) bond motifs is 7. The first-order valence-electron chi connectivity index (χ1n) is 12.1. The number of imidazole rings is 1. The Bertz CT molecular complexity index is 1960. The normalized spacial score (nSPS) is 11.7. The van der Waals surface area contributed by atoms with Crippen LogP contribution < -0.4 is 0 Å². The molecule has 0 amide bonds. The minimum atomic E-state index is 0.976. The second-order valence-corrected chi connectivity index (χ2v) is 9.43. The summed E-state index contributed by atoms with van der Waals surface area (Å²) in [6, 6.07) is 39.5. The topological polar surface area (TPSA) is 17.3 Å². The van der Waals surface area contributed by atoms with E-state index in [4.69, 9.17) is 4.98 Å². The van der Waals surface area contributed by atoms with Crippen molar-refractivity contribution in [2.75, 3.05) is 0 Å². The minimum absolute atomic E-state index is 0.976. The second-order valence-electron chi connectivity index (χ2n) is 9.43. The van der Waals surface area contributed by atoms with Crippen LogP contribution >= 0.6 is 0 Å². The van der Waals surface area contributed by atoms with Gasteiger partial charge in [-0.2, -0.15) is 0 Å². The molecule has 0 atom stereocenters. The van der Waals surface area contributed by atoms with Crippen LogP contribution in [-0.4, -0.2) is 9.38 Å². The van der Waals surface area contributed by atoms with Gasteiger partial charge in [0, 0.05) is 16.3 Å². The zero-order valence-corrected chi connectivity index (χ0v) is 19.8. The molecule has 0 unspecified atom stereocenters. The Morgan fingerprint density at radius 3 is 1.69 bits per heavy atom. The van der Waals surface area contributed by atoms with E-state index in [0.29, 0.717) is 0 Å². The van der Waals surface area contributed by atoms with Gasteiger partial charge in [-0.25, -0.2) is 4.98 Å². The van der Waals surface area contributed by atoms with E-state index in [0.717, 1.165) is 27.9 Å². The van der Waals surface area contributed by atoms with Crippen LogP contribution in [0.15, 0.2) is 109 Å². The van der Waals surface area contributed by atoms with Crippen molar-refractivity contribution in [3.8, 4) is 11.4 Å². The van der Waals surface area contributed by atoms with Gasteiger partial charge >= 0.3 is 0 Å². The summed E-state index contributed by atoms with van der Waals surface area (Å²) in [5, 5.41) is 7.36. The molecular weight excluding hydrogens is 424 g/mol. The number of nitrogens with zero attached hydrogens (tertiary/aromatic N) is 2. The maximum atomic E-state index is 5.24. The first-order valence-corrected chi connectivity index (χ1v) is 12.1. The van der Waals surface area contributed by atoms with Crippen LogP contribution in [-0.2, 0) is 0 Å². The van der Waals surface area contributed by atoms with Crippen LogP contribution in [0, 0.1) is 13.8 Å². The summed E-state index contributed by atoms with van der Waals surface area (Å²) >= 11 is 0. The van der Waals surface area contributed by atoms with E-state index in [-0.39, 0.29) is 0 Å². The summed E-state index contributed by atoms with van der Waals surface area (Å²) in [4.78, 5) is 5.24. The van der Waals surface area contributed by atoms with Crippen LogP contribution in [0.1, 0.15) is 11.1 Å². The minimum Gasteiger partial charge on any atom is -0.291 e. The average molecular weight is 449 g/mol. The molecule has 2 heterocycles. The molecule has 7 rings (SSSR count). The Morgan fingerprint density at radius 2 is 1.03 bits per heavy atom. The standard InChI is InChI=1S/C33H24N2/c1-21-18-22(2)20-23(19-21)33-34-30-16-9-15-29-27-13-6-4-11-25(27)24-10-3-5-12-26(24)28-14-7-8-17-31(28)35(33)32(29)30/h3-20H,1-2H3. The maximum Gasteiger partial charge on any atom is 0.145 e. The number of aromatic nitrogens is 2. The van der Waals surface area contributed by atoms with E-state index in [1.807, 2.05) is 0 Å². The molecule has 0 fully saturated rings. The van der Waals surface area contributed by atoms with E-state index in [2.05, 4.69) is 127 Å². The Hall–Kier alpha value is -4.43. The van der Waals surface area contributed by atoms with Gasteiger partial charge in [-0.1, -0.05) is 96.1 Å². The van der Waals surface area contributed by atoms with Crippen molar-refractivity contribution in [1.82, 2.24) is 9.38 Å². The quantitative estimate of drug-likeness (QED) is 0.245. The third kappa shape index (κ3) is 3.00. The average Bonchev–Trinajstić information content (AvgIpc) is 3.29. The highest BCUT2D eigenvalue weighted by atomic mass is 15.0. The van der Waals surface area contributed by atoms with Crippen LogP contribution in [0.4, 0.5) is 0 Å². The predicted octanol–water partition coefficient (Wildman–Crippen LogP) is 8.79. The highest BCUT2D eigenvalue weighted by molar-refractivity contribution is 6.21. The lowest BCUT2D eigenvalue weighted by Gasteiger charge is -2.08. The van der Waals surface area contributed by atoms with Crippen molar-refractivity contribution in [2.24, 2.45) is 0 Å². The van der Waals surface area contributed by atoms with Crippen molar-refractivity contribution in [3.05, 3.63) is 120 Å². The van der Waals surface area contributed by atoms with Crippen molar-refractivity contribution in [1.29, 1.82) is 0 Å². The van der Waals surface area contributed by atoms with Gasteiger partial charge < -0.3 is 0 Å². The van der Waals surface area contributed by atoms with Crippen molar-refractivity contribution < 1.29 is 0 Å². The van der Waals surface area contributed by atoms with E-state index in [1.165, 1.54) is 43.4 Å². The van der Waals surface area contributed by atoms with Gasteiger partial charge in [0.25, 0.3) is 0 Å². The molecular formula is C33H24N2. The largest absolute Gasteiger partial charge is 0.291 e. The molecule has 0 saturated heterocycles. The highest BCUT2D eigenvalue weighted by Crippen LogP contribution is 2.36. The van der Waals surface area contributed by atoms with E-state index >= 15 is 0 Å². The first-order chi connectivity index (χ1) is 17.2. The third-order valence-corrected chi connectivity index (χ3v) is 7.03. The molecule has 0 N–H and O–H groups in total. The predicted molar refractivity (Wildman–Crippen MR) is 149 cm³/mol. The van der Waals surface area contributed by atoms with Crippen LogP contribution in [0.25, 0.3) is 60.3 Å². The Balaban J connectivity index is 1.90. The molecule has 0 bridgehead atoms. The molecule has 0 aliphatic carbocycles. The van der Waals surface area contributed by atoms with Gasteiger partial charge in [-0.15, -0.1) is 0 Å². The molecule has 2 aromatic heterocycles. The summed E-state index contributed by atoms with van der Waals surface area (Å²) in [6.45, 7) is 4.31. The van der Waals surface area contributed by atoms with Crippen LogP contribution in [0.3, 0.4) is 0 Å². The zero-order chi connectivity index (χ0) is 23.5. The van der Waals surface area contributed by atoms with Crippen molar-refractivity contribution >= 4 is 48.9 Å². The molecule has 0 spiro atoms. The zero-order valence-electron chi connectivity index (χ0n) is 19.8. The van der Waals surface area contributed by atoms with Gasteiger partial charge in [0.1, 0.15) is 5.82 Å². The molecule has 7 aromatic rings. The SMILES string of the molecule is Cc1cc(C)cc(-c2nc3cccc4c5ccccc5c5ccccc5c5ccccc5n2c34)c1. The third-order valence-electron chi connectivity index (χ3n) is 7.03. The molecule has 0 radical (unpaired) electrons. The lowest BCUT2D eigenvalue weighted by Crippen LogP contribution is -1.92. The van der Waals surface area contributed by atoms with Crippen LogP contribution in [0.2, 0.25) is 0 Å². The summed E-state index contributed by atoms with van der Waals surface area (Å²) in [5.74, 6) is 0.976. The summed E-state index contributed by atoms with van der Waals surface area (Å²) in [5.41, 5.74) is 6.93. The Labute approximate surface area is 203 Å². The van der Waals surface area contributed by atoms with Gasteiger partial charge in [-0.05, 0) is 59.7 Å². The van der Waals surface area contributed by atoms with Crippen molar-refractivity contribution in [2.45, 2.75) is 13.8 Å². The Kier molecular flexibility index (Phi) is 4.31. The van der Waals surface area contributed by atoms with Crippen molar-refractivity contribution in [3.63, 3.8) is 0 Å². The molecule has 2 heteroatoms. The monoisotopic (exact) mass is 448 g/mol. The van der Waals surface area contributed by atoms with Gasteiger partial charge in [-0.3, -0.25) is 4.40 Å². The number of para-hydroxylation sites is 2. The number of hydrogen-bond donors (Lipinski definition) is 0. The van der Waals surface area contributed by atoms with Gasteiger partial charge in [0.15, 0.2) is 0 Å². The molecule has 0 aliphatic rings. The molecule has 0 aliphatic heterocycles. The lowest BCUT2D eigenvalue weighted by atomic mass is 10.0. The number of aryl methyl sites for hydroxylation is 2. The van der Waals surface area contributed by atoms with E-state index in [9.17, 15) is 0 Å². The maximum absolute atomic E-state index is 5.24. The summed E-state index contributed by atoms with van der Waals surface area (Å²) in [6.07, 6.45) is 0. The number of rotatable bonds is 1. The molecule has 5 aromatic carbocycles. The second kappa shape index (κ2) is 7.54. The molecule has 166 valence electrons. The van der Waals surface area contributed by atoms with Gasteiger partial charge in [0.2, 0.25) is 0 Å². The fourth-order valence-corrected chi connectivity index (χ4v) is 5.68. The van der Waals surface area contributed by atoms with Crippen LogP contribution in [0.5, 0.6) is 0 Å². The van der Waals surface area contributed by atoms with E-state index < -0.39 is 0 Å². The lowest BCUT2D eigenvalue weighted by molar-refractivity contribution is 1.22. The summed E-state index contributed by atoms with van der Waals surface area (Å²) < 4.78 is 2.38. The smallest absolute Gasteiger partial charge is 0.145 e. The molecule has 35 heavy (non-hydrogen) atoms. The molecule has 0 saturated carbocycles. The van der Waals surface area contributed by atoms with E-state index in [1.54, 1.807) is 0 Å². The Morgan fingerprint density at radius 1 is 0.514 bits per heavy atom. The number of hydrogen-bond acceptors (Lipinski definition) is 1. The van der Waals surface area contributed by atoms with Gasteiger partial charge in [0.05, 0.1) is 16.6 Å². The fraction of sp³-hybridized carbons (Fsp3) is 0.0606. The molecule has 2 nitrogen and oxygen atoms in total.